The van der Waals surface area contributed by atoms with E-state index in [0.29, 0.717) is 0 Å². The molecule has 0 fully saturated rings. The summed E-state index contributed by atoms with van der Waals surface area (Å²) in [5.74, 6) is 0. The van der Waals surface area contributed by atoms with Crippen LogP contribution in [0.3, 0.4) is 0 Å². The monoisotopic (exact) mass is 256 g/mol. The van der Waals surface area contributed by atoms with Crippen LogP contribution >= 0.6 is 0 Å². The van der Waals surface area contributed by atoms with Crippen LogP contribution in [0.2, 0.25) is 0 Å². The van der Waals surface area contributed by atoms with Crippen molar-refractivity contribution in [3.05, 3.63) is 86.1 Å². The Morgan fingerprint density at radius 3 is 1.42 bits per heavy atom. The summed E-state index contributed by atoms with van der Waals surface area (Å²) in [5.41, 5.74) is 3.96. The molecule has 0 heterocycles. The standard InChI is InChI=1S/C17H24.C2H4/c1-13(2)9-10-14(3)15(4)11-12-16(5)17(6,7)8;1-2/h9-12H,1,3-5H2,2,6-8H3;1-2H2/b10-9-,12-11-;. The Labute approximate surface area is 119 Å². The Hall–Kier alpha value is -1.82. The predicted molar refractivity (Wildman–Crippen MR) is 91.2 cm³/mol. The second kappa shape index (κ2) is 9.16. The number of rotatable bonds is 5. The maximum Gasteiger partial charge on any atom is -0.0138 e. The first kappa shape index (κ1) is 19.5. The van der Waals surface area contributed by atoms with E-state index in [-0.39, 0.29) is 5.41 Å². The molecule has 0 heteroatoms. The lowest BCUT2D eigenvalue weighted by Gasteiger charge is -2.18. The van der Waals surface area contributed by atoms with Crippen molar-refractivity contribution in [1.82, 2.24) is 0 Å². The Kier molecular flexibility index (Phi) is 9.41. The summed E-state index contributed by atoms with van der Waals surface area (Å²) in [6.45, 7) is 30.1. The van der Waals surface area contributed by atoms with Crippen LogP contribution in [0.15, 0.2) is 86.1 Å². The molecule has 0 radical (unpaired) electrons. The molecular weight excluding hydrogens is 228 g/mol. The highest BCUT2D eigenvalue weighted by atomic mass is 14.2. The van der Waals surface area contributed by atoms with Crippen LogP contribution < -0.4 is 0 Å². The highest BCUT2D eigenvalue weighted by Crippen LogP contribution is 2.25. The molecule has 0 atom stereocenters. The van der Waals surface area contributed by atoms with E-state index in [1.807, 2.05) is 31.2 Å². The molecule has 0 saturated carbocycles. The summed E-state index contributed by atoms with van der Waals surface area (Å²) >= 11 is 0. The van der Waals surface area contributed by atoms with Crippen molar-refractivity contribution in [2.45, 2.75) is 27.7 Å². The first-order valence-corrected chi connectivity index (χ1v) is 6.24. The second-order valence-electron chi connectivity index (χ2n) is 5.34. The molecule has 0 nitrogen and oxygen atoms in total. The maximum absolute atomic E-state index is 4.04. The Balaban J connectivity index is 0. The van der Waals surface area contributed by atoms with Crippen LogP contribution in [0.5, 0.6) is 0 Å². The third-order valence-electron chi connectivity index (χ3n) is 2.43. The molecule has 0 rings (SSSR count). The minimum Gasteiger partial charge on any atom is -0.106 e. The summed E-state index contributed by atoms with van der Waals surface area (Å²) in [6.07, 6.45) is 7.82. The molecule has 0 bridgehead atoms. The molecule has 0 aliphatic rings. The lowest BCUT2D eigenvalue weighted by molar-refractivity contribution is 0.519. The smallest absolute Gasteiger partial charge is 0.0138 e. The van der Waals surface area contributed by atoms with Crippen LogP contribution in [-0.4, -0.2) is 0 Å². The number of allylic oxidation sites excluding steroid dienone is 8. The lowest BCUT2D eigenvalue weighted by atomic mass is 9.87. The van der Waals surface area contributed by atoms with Gasteiger partial charge in [0.15, 0.2) is 0 Å². The molecule has 0 aliphatic carbocycles. The van der Waals surface area contributed by atoms with Crippen LogP contribution in [0, 0.1) is 5.41 Å². The van der Waals surface area contributed by atoms with Crippen LogP contribution in [0.4, 0.5) is 0 Å². The van der Waals surface area contributed by atoms with Crippen molar-refractivity contribution in [2.75, 3.05) is 0 Å². The van der Waals surface area contributed by atoms with Gasteiger partial charge in [-0.2, -0.15) is 0 Å². The number of hydrogen-bond donors (Lipinski definition) is 0. The van der Waals surface area contributed by atoms with Gasteiger partial charge in [-0.1, -0.05) is 77.0 Å². The van der Waals surface area contributed by atoms with Gasteiger partial charge in [0.05, 0.1) is 0 Å². The van der Waals surface area contributed by atoms with Gasteiger partial charge in [-0.05, 0) is 29.1 Å². The van der Waals surface area contributed by atoms with Gasteiger partial charge in [0.2, 0.25) is 0 Å². The molecule has 0 spiro atoms. The van der Waals surface area contributed by atoms with Crippen molar-refractivity contribution >= 4 is 0 Å². The summed E-state index contributed by atoms with van der Waals surface area (Å²) < 4.78 is 0. The van der Waals surface area contributed by atoms with E-state index in [4.69, 9.17) is 0 Å². The van der Waals surface area contributed by atoms with Gasteiger partial charge in [-0.25, -0.2) is 0 Å². The van der Waals surface area contributed by atoms with Gasteiger partial charge in [-0.3, -0.25) is 0 Å². The minimum atomic E-state index is 0.0889. The Morgan fingerprint density at radius 1 is 0.737 bits per heavy atom. The highest BCUT2D eigenvalue weighted by Gasteiger charge is 2.11. The fourth-order valence-corrected chi connectivity index (χ4v) is 0.908. The van der Waals surface area contributed by atoms with E-state index < -0.39 is 0 Å². The average Bonchev–Trinajstić information content (AvgIpc) is 2.33. The zero-order chi connectivity index (χ0) is 15.6. The summed E-state index contributed by atoms with van der Waals surface area (Å²) in [6, 6.07) is 0. The van der Waals surface area contributed by atoms with Gasteiger partial charge < -0.3 is 0 Å². The molecule has 0 aromatic heterocycles. The van der Waals surface area contributed by atoms with Crippen LogP contribution in [-0.2, 0) is 0 Å². The fourth-order valence-electron chi connectivity index (χ4n) is 0.908. The zero-order valence-corrected chi connectivity index (χ0v) is 13.1. The van der Waals surface area contributed by atoms with Crippen molar-refractivity contribution in [1.29, 1.82) is 0 Å². The Bertz CT molecular complexity index is 406. The largest absolute Gasteiger partial charge is 0.106 e. The Morgan fingerprint density at radius 2 is 1.11 bits per heavy atom. The van der Waals surface area contributed by atoms with Gasteiger partial charge in [-0.15, -0.1) is 13.2 Å². The molecular formula is C19H28. The summed E-state index contributed by atoms with van der Waals surface area (Å²) in [5, 5.41) is 0. The first-order chi connectivity index (χ1) is 8.64. The van der Waals surface area contributed by atoms with Crippen molar-refractivity contribution < 1.29 is 0 Å². The van der Waals surface area contributed by atoms with Gasteiger partial charge >= 0.3 is 0 Å². The molecule has 0 aromatic carbocycles. The average molecular weight is 256 g/mol. The SMILES string of the molecule is C=C.C=C(C)/C=C\C(=C)C(=C)/C=C\C(=C)C(C)(C)C. The number of hydrogen-bond acceptors (Lipinski definition) is 0. The van der Waals surface area contributed by atoms with Crippen LogP contribution in [0.25, 0.3) is 0 Å². The molecule has 0 aromatic rings. The summed E-state index contributed by atoms with van der Waals surface area (Å²) in [7, 11) is 0. The lowest BCUT2D eigenvalue weighted by Crippen LogP contribution is -2.05. The molecule has 0 saturated heterocycles. The molecule has 0 aliphatic heterocycles. The van der Waals surface area contributed by atoms with E-state index in [9.17, 15) is 0 Å². The third-order valence-corrected chi connectivity index (χ3v) is 2.43. The molecule has 0 N–H and O–H groups in total. The topological polar surface area (TPSA) is 0 Å². The van der Waals surface area contributed by atoms with Crippen molar-refractivity contribution in [3.8, 4) is 0 Å². The van der Waals surface area contributed by atoms with E-state index >= 15 is 0 Å². The summed E-state index contributed by atoms with van der Waals surface area (Å²) in [4.78, 5) is 0. The fraction of sp³-hybridized carbons (Fsp3) is 0.263. The molecule has 19 heavy (non-hydrogen) atoms. The van der Waals surface area contributed by atoms with E-state index in [0.717, 1.165) is 22.3 Å². The molecule has 0 amide bonds. The van der Waals surface area contributed by atoms with Crippen molar-refractivity contribution in [3.63, 3.8) is 0 Å². The predicted octanol–water partition coefficient (Wildman–Crippen LogP) is 6.19. The normalized spacial score (nSPS) is 10.9. The van der Waals surface area contributed by atoms with E-state index in [2.05, 4.69) is 60.2 Å². The van der Waals surface area contributed by atoms with E-state index in [1.165, 1.54) is 0 Å². The van der Waals surface area contributed by atoms with Gasteiger partial charge in [0, 0.05) is 0 Å². The van der Waals surface area contributed by atoms with Gasteiger partial charge in [0.1, 0.15) is 0 Å². The quantitative estimate of drug-likeness (QED) is 0.406. The molecule has 104 valence electrons. The highest BCUT2D eigenvalue weighted by molar-refractivity contribution is 5.45. The zero-order valence-electron chi connectivity index (χ0n) is 13.1. The van der Waals surface area contributed by atoms with Gasteiger partial charge in [0.25, 0.3) is 0 Å². The van der Waals surface area contributed by atoms with E-state index in [1.54, 1.807) is 0 Å². The minimum absolute atomic E-state index is 0.0889. The second-order valence-corrected chi connectivity index (χ2v) is 5.34. The molecule has 0 unspecified atom stereocenters. The first-order valence-electron chi connectivity index (χ1n) is 6.24. The third kappa shape index (κ3) is 9.84. The maximum atomic E-state index is 4.04. The van der Waals surface area contributed by atoms with Crippen LogP contribution in [0.1, 0.15) is 27.7 Å². The van der Waals surface area contributed by atoms with Crippen molar-refractivity contribution in [2.24, 2.45) is 5.41 Å².